The highest BCUT2D eigenvalue weighted by Gasteiger charge is 2.30. The second-order valence-corrected chi connectivity index (χ2v) is 7.34. The first-order chi connectivity index (χ1) is 10.4. The molecule has 0 bridgehead atoms. The number of rotatable bonds is 5. The summed E-state index contributed by atoms with van der Waals surface area (Å²) in [5.74, 6) is -0.379. The zero-order chi connectivity index (χ0) is 16.3. The highest BCUT2D eigenvalue weighted by atomic mass is 35.5. The van der Waals surface area contributed by atoms with Crippen LogP contribution in [0.4, 0.5) is 0 Å². The quantitative estimate of drug-likeness (QED) is 0.775. The number of carbonyl (C=O) groups is 1. The maximum Gasteiger partial charge on any atom is 0.338 e. The average Bonchev–Trinajstić information content (AvgIpc) is 2.93. The van der Waals surface area contributed by atoms with Crippen LogP contribution in [0, 0.1) is 12.8 Å². The minimum atomic E-state index is -3.68. The summed E-state index contributed by atoms with van der Waals surface area (Å²) >= 11 is 0. The molecule has 0 aliphatic heterocycles. The summed E-state index contributed by atoms with van der Waals surface area (Å²) in [4.78, 5) is 11.8. The molecule has 3 N–H and O–H groups in total. The Morgan fingerprint density at radius 2 is 2.09 bits per heavy atom. The van der Waals surface area contributed by atoms with Gasteiger partial charge in [0.05, 0.1) is 17.6 Å². The van der Waals surface area contributed by atoms with Crippen LogP contribution in [-0.2, 0) is 14.8 Å². The lowest BCUT2D eigenvalue weighted by molar-refractivity contribution is 0.0599. The molecule has 2 rings (SSSR count). The van der Waals surface area contributed by atoms with E-state index in [0.717, 1.165) is 19.3 Å². The summed E-state index contributed by atoms with van der Waals surface area (Å²) in [5, 5.41) is 0. The first-order valence-electron chi connectivity index (χ1n) is 7.30. The third-order valence-electron chi connectivity index (χ3n) is 4.19. The number of ether oxygens (including phenoxy) is 1. The van der Waals surface area contributed by atoms with Gasteiger partial charge in [-0.3, -0.25) is 0 Å². The number of carbonyl (C=O) groups excluding carboxylic acids is 1. The zero-order valence-electron chi connectivity index (χ0n) is 13.2. The molecule has 1 saturated carbocycles. The van der Waals surface area contributed by atoms with E-state index >= 15 is 0 Å². The first-order valence-corrected chi connectivity index (χ1v) is 8.78. The fraction of sp³-hybridized carbons (Fsp3) is 0.533. The van der Waals surface area contributed by atoms with E-state index in [9.17, 15) is 13.2 Å². The highest BCUT2D eigenvalue weighted by molar-refractivity contribution is 7.89. The molecular weight excluding hydrogens is 340 g/mol. The zero-order valence-corrected chi connectivity index (χ0v) is 14.9. The minimum Gasteiger partial charge on any atom is -0.465 e. The Labute approximate surface area is 143 Å². The van der Waals surface area contributed by atoms with Crippen LogP contribution >= 0.6 is 12.4 Å². The van der Waals surface area contributed by atoms with E-state index in [2.05, 4.69) is 9.46 Å². The van der Waals surface area contributed by atoms with E-state index < -0.39 is 16.0 Å². The van der Waals surface area contributed by atoms with Crippen molar-refractivity contribution in [2.45, 2.75) is 37.1 Å². The summed E-state index contributed by atoms with van der Waals surface area (Å²) in [6.07, 6.45) is 2.69. The van der Waals surface area contributed by atoms with Gasteiger partial charge < -0.3 is 10.5 Å². The lowest BCUT2D eigenvalue weighted by Gasteiger charge is -2.19. The van der Waals surface area contributed by atoms with Gasteiger partial charge in [-0.1, -0.05) is 12.5 Å². The monoisotopic (exact) mass is 362 g/mol. The smallest absolute Gasteiger partial charge is 0.338 e. The molecule has 6 nitrogen and oxygen atoms in total. The van der Waals surface area contributed by atoms with Crippen LogP contribution in [0.5, 0.6) is 0 Å². The van der Waals surface area contributed by atoms with Crippen LogP contribution in [0.15, 0.2) is 23.1 Å². The molecule has 1 aliphatic rings. The molecule has 23 heavy (non-hydrogen) atoms. The van der Waals surface area contributed by atoms with Gasteiger partial charge in [0.1, 0.15) is 0 Å². The van der Waals surface area contributed by atoms with E-state index in [1.165, 1.54) is 19.2 Å². The first kappa shape index (κ1) is 19.9. The number of esters is 1. The molecule has 0 amide bonds. The largest absolute Gasteiger partial charge is 0.465 e. The molecule has 1 aromatic carbocycles. The van der Waals surface area contributed by atoms with Crippen molar-refractivity contribution in [3.8, 4) is 0 Å². The average molecular weight is 363 g/mol. The summed E-state index contributed by atoms with van der Waals surface area (Å²) in [7, 11) is -2.41. The van der Waals surface area contributed by atoms with Crippen molar-refractivity contribution in [2.24, 2.45) is 11.7 Å². The molecule has 1 fully saturated rings. The standard InChI is InChI=1S/C15H22N2O4S.ClH/c1-10-6-7-12(8-13(10)15(18)21-2)22(19,20)17-14-5-3-4-11(14)9-16;/h6-8,11,14,17H,3-5,9,16H2,1-2H3;1H. The minimum absolute atomic E-state index is 0. The summed E-state index contributed by atoms with van der Waals surface area (Å²) in [6, 6.07) is 4.32. The molecule has 8 heteroatoms. The van der Waals surface area contributed by atoms with Crippen molar-refractivity contribution < 1.29 is 17.9 Å². The fourth-order valence-corrected chi connectivity index (χ4v) is 4.20. The van der Waals surface area contributed by atoms with Gasteiger partial charge in [-0.2, -0.15) is 0 Å². The van der Waals surface area contributed by atoms with E-state index in [4.69, 9.17) is 5.73 Å². The van der Waals surface area contributed by atoms with Gasteiger partial charge >= 0.3 is 5.97 Å². The Balaban J connectivity index is 0.00000264. The number of methoxy groups -OCH3 is 1. The van der Waals surface area contributed by atoms with Crippen molar-refractivity contribution >= 4 is 28.4 Å². The van der Waals surface area contributed by atoms with Gasteiger partial charge in [-0.15, -0.1) is 12.4 Å². The van der Waals surface area contributed by atoms with Gasteiger partial charge in [0, 0.05) is 6.04 Å². The van der Waals surface area contributed by atoms with E-state index in [1.54, 1.807) is 13.0 Å². The highest BCUT2D eigenvalue weighted by Crippen LogP contribution is 2.26. The topological polar surface area (TPSA) is 98.5 Å². The normalized spacial score (nSPS) is 20.8. The van der Waals surface area contributed by atoms with Crippen LogP contribution in [-0.4, -0.2) is 34.1 Å². The summed E-state index contributed by atoms with van der Waals surface area (Å²) < 4.78 is 32.4. The number of aryl methyl sites for hydroxylation is 1. The van der Waals surface area contributed by atoms with Gasteiger partial charge in [-0.25, -0.2) is 17.9 Å². The maximum atomic E-state index is 12.5. The second kappa shape index (κ2) is 8.10. The van der Waals surface area contributed by atoms with E-state index in [0.29, 0.717) is 12.1 Å². The number of hydrogen-bond donors (Lipinski definition) is 2. The Morgan fingerprint density at radius 3 is 2.70 bits per heavy atom. The van der Waals surface area contributed by atoms with Gasteiger partial charge in [0.25, 0.3) is 0 Å². The number of halogens is 1. The molecular formula is C15H23ClN2O4S. The number of hydrogen-bond acceptors (Lipinski definition) is 5. The van der Waals surface area contributed by atoms with Crippen molar-refractivity contribution in [3.05, 3.63) is 29.3 Å². The fourth-order valence-electron chi connectivity index (χ4n) is 2.84. The number of nitrogens with one attached hydrogen (secondary N) is 1. The SMILES string of the molecule is COC(=O)c1cc(S(=O)(=O)NC2CCCC2CN)ccc1C.Cl. The van der Waals surface area contributed by atoms with Crippen LogP contribution in [0.25, 0.3) is 0 Å². The molecule has 1 aliphatic carbocycles. The van der Waals surface area contributed by atoms with E-state index in [-0.39, 0.29) is 34.8 Å². The third-order valence-corrected chi connectivity index (χ3v) is 5.68. The van der Waals surface area contributed by atoms with Gasteiger partial charge in [0.15, 0.2) is 0 Å². The Hall–Kier alpha value is -1.15. The van der Waals surface area contributed by atoms with E-state index in [1.807, 2.05) is 0 Å². The molecule has 2 unspecified atom stereocenters. The number of sulfonamides is 1. The second-order valence-electron chi connectivity index (χ2n) is 5.62. The molecule has 0 radical (unpaired) electrons. The number of benzene rings is 1. The lowest BCUT2D eigenvalue weighted by Crippen LogP contribution is -2.39. The third kappa shape index (κ3) is 4.44. The van der Waals surface area contributed by atoms with Crippen molar-refractivity contribution in [3.63, 3.8) is 0 Å². The van der Waals surface area contributed by atoms with Crippen LogP contribution in [0.2, 0.25) is 0 Å². The number of nitrogens with two attached hydrogens (primary N) is 1. The van der Waals surface area contributed by atoms with Gasteiger partial charge in [0.2, 0.25) is 10.0 Å². The van der Waals surface area contributed by atoms with Crippen LogP contribution < -0.4 is 10.5 Å². The summed E-state index contributed by atoms with van der Waals surface area (Å²) in [5.41, 5.74) is 6.62. The molecule has 0 saturated heterocycles. The van der Waals surface area contributed by atoms with Crippen LogP contribution in [0.1, 0.15) is 35.2 Å². The predicted molar refractivity (Wildman–Crippen MR) is 90.3 cm³/mol. The van der Waals surface area contributed by atoms with Gasteiger partial charge in [-0.05, 0) is 49.9 Å². The Kier molecular flexibility index (Phi) is 7.01. The molecule has 0 spiro atoms. The molecule has 0 heterocycles. The summed E-state index contributed by atoms with van der Waals surface area (Å²) in [6.45, 7) is 2.20. The lowest BCUT2D eigenvalue weighted by atomic mass is 10.1. The molecule has 130 valence electrons. The van der Waals surface area contributed by atoms with Crippen molar-refractivity contribution in [1.29, 1.82) is 0 Å². The van der Waals surface area contributed by atoms with Crippen molar-refractivity contribution in [1.82, 2.24) is 4.72 Å². The van der Waals surface area contributed by atoms with Crippen LogP contribution in [0.3, 0.4) is 0 Å². The van der Waals surface area contributed by atoms with Crippen molar-refractivity contribution in [2.75, 3.05) is 13.7 Å². The molecule has 1 aromatic rings. The Morgan fingerprint density at radius 1 is 1.39 bits per heavy atom. The molecule has 2 atom stereocenters. The Bertz CT molecular complexity index is 663. The molecule has 0 aromatic heterocycles. The predicted octanol–water partition coefficient (Wildman–Crippen LogP) is 1.61. The maximum absolute atomic E-state index is 12.5.